The van der Waals surface area contributed by atoms with Crippen LogP contribution < -0.4 is 4.74 Å². The minimum absolute atomic E-state index is 0.453. The van der Waals surface area contributed by atoms with Crippen LogP contribution in [-0.2, 0) is 0 Å². The molecule has 0 unspecified atom stereocenters. The average molecular weight is 241 g/mol. The minimum atomic E-state index is 0.453. The lowest BCUT2D eigenvalue weighted by atomic mass is 10.1. The topological polar surface area (TPSA) is 53.1 Å². The van der Waals surface area contributed by atoms with E-state index in [-0.39, 0.29) is 0 Å². The van der Waals surface area contributed by atoms with Crippen molar-refractivity contribution in [1.29, 1.82) is 0 Å². The molecule has 3 aromatic rings. The highest BCUT2D eigenvalue weighted by Gasteiger charge is 2.06. The van der Waals surface area contributed by atoms with Gasteiger partial charge in [-0.2, -0.15) is 9.78 Å². The molecule has 0 radical (unpaired) electrons. The number of ether oxygens (including phenoxy) is 1. The second-order valence-electron chi connectivity index (χ2n) is 3.69. The Labute approximate surface area is 104 Å². The van der Waals surface area contributed by atoms with Gasteiger partial charge in [-0.3, -0.25) is 0 Å². The Morgan fingerprint density at radius 2 is 2.00 bits per heavy atom. The number of nitrogens with zero attached hydrogens (tertiary/aromatic N) is 3. The van der Waals surface area contributed by atoms with Crippen molar-refractivity contribution < 1.29 is 9.15 Å². The van der Waals surface area contributed by atoms with Crippen LogP contribution in [0.3, 0.4) is 0 Å². The van der Waals surface area contributed by atoms with Crippen LogP contribution in [-0.4, -0.2) is 21.9 Å². The van der Waals surface area contributed by atoms with Crippen molar-refractivity contribution in [3.63, 3.8) is 0 Å². The highest BCUT2D eigenvalue weighted by atomic mass is 16.5. The van der Waals surface area contributed by atoms with E-state index in [0.717, 1.165) is 17.0 Å². The summed E-state index contributed by atoms with van der Waals surface area (Å²) in [7, 11) is 1.65. The molecule has 0 saturated carbocycles. The molecule has 0 N–H and O–H groups in total. The molecule has 2 heterocycles. The molecule has 5 heteroatoms. The van der Waals surface area contributed by atoms with E-state index in [9.17, 15) is 0 Å². The fourth-order valence-corrected chi connectivity index (χ4v) is 1.68. The molecule has 0 bridgehead atoms. The fraction of sp³-hybridized carbons (Fsp3) is 0.0769. The number of oxazole rings is 1. The van der Waals surface area contributed by atoms with Gasteiger partial charge in [0, 0.05) is 11.8 Å². The first-order valence-electron chi connectivity index (χ1n) is 5.47. The molecule has 0 amide bonds. The number of rotatable bonds is 3. The summed E-state index contributed by atoms with van der Waals surface area (Å²) in [6.07, 6.45) is 4.92. The summed E-state index contributed by atoms with van der Waals surface area (Å²) in [6, 6.07) is 10.1. The lowest BCUT2D eigenvalue weighted by Gasteiger charge is -2.00. The predicted molar refractivity (Wildman–Crippen MR) is 65.6 cm³/mol. The molecule has 0 atom stereocenters. The van der Waals surface area contributed by atoms with Crippen molar-refractivity contribution in [2.45, 2.75) is 0 Å². The zero-order valence-electron chi connectivity index (χ0n) is 9.78. The van der Waals surface area contributed by atoms with Crippen LogP contribution in [0.15, 0.2) is 53.4 Å². The Hall–Kier alpha value is -2.56. The molecule has 90 valence electrons. The van der Waals surface area contributed by atoms with Crippen LogP contribution in [0.5, 0.6) is 5.75 Å². The molecule has 0 saturated heterocycles. The van der Waals surface area contributed by atoms with E-state index in [0.29, 0.717) is 6.01 Å². The fourth-order valence-electron chi connectivity index (χ4n) is 1.68. The van der Waals surface area contributed by atoms with Gasteiger partial charge in [0.1, 0.15) is 12.0 Å². The third-order valence-electron chi connectivity index (χ3n) is 2.59. The molecular weight excluding hydrogens is 230 g/mol. The van der Waals surface area contributed by atoms with E-state index in [1.165, 1.54) is 6.26 Å². The lowest BCUT2D eigenvalue weighted by Crippen LogP contribution is -1.94. The van der Waals surface area contributed by atoms with Crippen molar-refractivity contribution in [2.24, 2.45) is 0 Å². The highest BCUT2D eigenvalue weighted by molar-refractivity contribution is 5.59. The van der Waals surface area contributed by atoms with E-state index < -0.39 is 0 Å². The standard InChI is InChI=1S/C13H11N3O2/c1-17-11-4-2-10(3-5-11)12-6-8-16(15-12)13-14-7-9-18-13/h2-9H,1H3. The molecule has 0 aliphatic heterocycles. The molecule has 0 aliphatic carbocycles. The summed E-state index contributed by atoms with van der Waals surface area (Å²) >= 11 is 0. The van der Waals surface area contributed by atoms with Crippen LogP contribution in [0.1, 0.15) is 0 Å². The quantitative estimate of drug-likeness (QED) is 0.707. The summed E-state index contributed by atoms with van der Waals surface area (Å²) in [5, 5.41) is 4.40. The van der Waals surface area contributed by atoms with Crippen LogP contribution >= 0.6 is 0 Å². The summed E-state index contributed by atoms with van der Waals surface area (Å²) < 4.78 is 11.9. The zero-order chi connectivity index (χ0) is 12.4. The van der Waals surface area contributed by atoms with Gasteiger partial charge < -0.3 is 9.15 Å². The zero-order valence-corrected chi connectivity index (χ0v) is 9.78. The van der Waals surface area contributed by atoms with Gasteiger partial charge in [0.15, 0.2) is 0 Å². The Balaban J connectivity index is 1.92. The van der Waals surface area contributed by atoms with Gasteiger partial charge in [0.25, 0.3) is 0 Å². The summed E-state index contributed by atoms with van der Waals surface area (Å²) in [5.74, 6) is 0.825. The monoisotopic (exact) mass is 241 g/mol. The molecule has 2 aromatic heterocycles. The van der Waals surface area contributed by atoms with Gasteiger partial charge in [-0.25, -0.2) is 4.98 Å². The SMILES string of the molecule is COc1ccc(-c2ccn(-c3ncco3)n2)cc1. The first-order valence-corrected chi connectivity index (χ1v) is 5.47. The van der Waals surface area contributed by atoms with Crippen molar-refractivity contribution in [3.8, 4) is 23.0 Å². The molecular formula is C13H11N3O2. The summed E-state index contributed by atoms with van der Waals surface area (Å²) in [4.78, 5) is 4.03. The summed E-state index contributed by atoms with van der Waals surface area (Å²) in [6.45, 7) is 0. The van der Waals surface area contributed by atoms with Gasteiger partial charge in [-0.15, -0.1) is 0 Å². The largest absolute Gasteiger partial charge is 0.497 e. The van der Waals surface area contributed by atoms with Gasteiger partial charge in [0.05, 0.1) is 19.0 Å². The predicted octanol–water partition coefficient (Wildman–Crippen LogP) is 2.54. The Kier molecular flexibility index (Phi) is 2.57. The normalized spacial score (nSPS) is 10.5. The first-order chi connectivity index (χ1) is 8.86. The van der Waals surface area contributed by atoms with Gasteiger partial charge >= 0.3 is 6.01 Å². The third-order valence-corrected chi connectivity index (χ3v) is 2.59. The van der Waals surface area contributed by atoms with Gasteiger partial charge in [0.2, 0.25) is 0 Å². The molecule has 0 spiro atoms. The summed E-state index contributed by atoms with van der Waals surface area (Å²) in [5.41, 5.74) is 1.87. The maximum atomic E-state index is 5.17. The average Bonchev–Trinajstić information content (AvgIpc) is 3.09. The second-order valence-corrected chi connectivity index (χ2v) is 3.69. The van der Waals surface area contributed by atoms with E-state index in [1.807, 2.05) is 36.5 Å². The molecule has 0 aliphatic rings. The number of benzene rings is 1. The van der Waals surface area contributed by atoms with Crippen molar-refractivity contribution in [3.05, 3.63) is 49.0 Å². The number of aromatic nitrogens is 3. The number of hydrogen-bond donors (Lipinski definition) is 0. The Morgan fingerprint density at radius 3 is 2.67 bits per heavy atom. The van der Waals surface area contributed by atoms with Crippen molar-refractivity contribution in [2.75, 3.05) is 7.11 Å². The number of methoxy groups -OCH3 is 1. The molecule has 5 nitrogen and oxygen atoms in total. The minimum Gasteiger partial charge on any atom is -0.497 e. The Bertz CT molecular complexity index is 627. The maximum absolute atomic E-state index is 5.17. The van der Waals surface area contributed by atoms with E-state index in [1.54, 1.807) is 18.0 Å². The van der Waals surface area contributed by atoms with Crippen LogP contribution in [0.2, 0.25) is 0 Å². The molecule has 1 aromatic carbocycles. The van der Waals surface area contributed by atoms with Gasteiger partial charge in [-0.1, -0.05) is 0 Å². The third kappa shape index (κ3) is 1.86. The number of hydrogen-bond acceptors (Lipinski definition) is 4. The maximum Gasteiger partial charge on any atom is 0.322 e. The second kappa shape index (κ2) is 4.37. The van der Waals surface area contributed by atoms with Crippen LogP contribution in [0.4, 0.5) is 0 Å². The smallest absolute Gasteiger partial charge is 0.322 e. The van der Waals surface area contributed by atoms with Crippen molar-refractivity contribution >= 4 is 0 Å². The molecule has 3 rings (SSSR count). The van der Waals surface area contributed by atoms with E-state index in [4.69, 9.17) is 9.15 Å². The van der Waals surface area contributed by atoms with Crippen LogP contribution in [0, 0.1) is 0 Å². The molecule has 0 fully saturated rings. The molecule has 18 heavy (non-hydrogen) atoms. The van der Waals surface area contributed by atoms with Crippen molar-refractivity contribution in [1.82, 2.24) is 14.8 Å². The lowest BCUT2D eigenvalue weighted by molar-refractivity contribution is 0.415. The first kappa shape index (κ1) is 10.6. The van der Waals surface area contributed by atoms with E-state index in [2.05, 4.69) is 10.1 Å². The van der Waals surface area contributed by atoms with E-state index >= 15 is 0 Å². The Morgan fingerprint density at radius 1 is 1.17 bits per heavy atom. The van der Waals surface area contributed by atoms with Gasteiger partial charge in [-0.05, 0) is 30.3 Å². The highest BCUT2D eigenvalue weighted by Crippen LogP contribution is 2.21. The van der Waals surface area contributed by atoms with Crippen LogP contribution in [0.25, 0.3) is 17.3 Å².